The summed E-state index contributed by atoms with van der Waals surface area (Å²) in [4.78, 5) is 28.2. The number of carbonyl (C=O) groups excluding carboxylic acids is 1. The summed E-state index contributed by atoms with van der Waals surface area (Å²) in [6.45, 7) is 0.184. The summed E-state index contributed by atoms with van der Waals surface area (Å²) >= 11 is 1.30. The lowest BCUT2D eigenvalue weighted by atomic mass is 10.2. The van der Waals surface area contributed by atoms with Gasteiger partial charge in [0.15, 0.2) is 0 Å². The van der Waals surface area contributed by atoms with Gasteiger partial charge in [-0.1, -0.05) is 12.1 Å². The number of nitrogens with zero attached hydrogens (tertiary/aromatic N) is 2. The second-order valence-corrected chi connectivity index (χ2v) is 5.63. The molecule has 0 atom stereocenters. The van der Waals surface area contributed by atoms with Crippen LogP contribution in [0.1, 0.15) is 5.56 Å². The molecule has 7 heteroatoms. The van der Waals surface area contributed by atoms with Crippen LogP contribution in [0.5, 0.6) is 0 Å². The summed E-state index contributed by atoms with van der Waals surface area (Å²) in [5.74, 6) is -0.624. The molecule has 1 amide bonds. The van der Waals surface area contributed by atoms with Crippen molar-refractivity contribution in [2.45, 2.75) is 13.1 Å². The number of amides is 1. The molecule has 0 spiro atoms. The second kappa shape index (κ2) is 6.07. The minimum atomic E-state index is -0.322. The third-order valence-electron chi connectivity index (χ3n) is 3.15. The molecule has 0 saturated carbocycles. The zero-order valence-corrected chi connectivity index (χ0v) is 12.3. The molecule has 112 valence electrons. The van der Waals surface area contributed by atoms with E-state index < -0.39 is 0 Å². The van der Waals surface area contributed by atoms with E-state index >= 15 is 0 Å². The normalized spacial score (nSPS) is 10.8. The van der Waals surface area contributed by atoms with E-state index in [4.69, 9.17) is 0 Å². The number of fused-ring (bicyclic) bond motifs is 1. The van der Waals surface area contributed by atoms with Gasteiger partial charge in [0.2, 0.25) is 5.91 Å². The summed E-state index contributed by atoms with van der Waals surface area (Å²) in [7, 11) is 0. The molecule has 3 aromatic rings. The monoisotopic (exact) mass is 317 g/mol. The van der Waals surface area contributed by atoms with E-state index in [2.05, 4.69) is 10.3 Å². The summed E-state index contributed by atoms with van der Waals surface area (Å²) in [6, 6.07) is 7.63. The van der Waals surface area contributed by atoms with Crippen LogP contribution < -0.4 is 10.9 Å². The van der Waals surface area contributed by atoms with Gasteiger partial charge in [-0.15, -0.1) is 11.3 Å². The highest BCUT2D eigenvalue weighted by Gasteiger charge is 2.08. The number of thiophene rings is 1. The first-order valence-electron chi connectivity index (χ1n) is 6.57. The highest BCUT2D eigenvalue weighted by Crippen LogP contribution is 2.12. The Balaban J connectivity index is 1.66. The number of hydrogen-bond acceptors (Lipinski definition) is 4. The Kier molecular flexibility index (Phi) is 3.97. The van der Waals surface area contributed by atoms with E-state index in [1.54, 1.807) is 23.6 Å². The first kappa shape index (κ1) is 14.4. The summed E-state index contributed by atoms with van der Waals surface area (Å²) in [5, 5.41) is 4.48. The van der Waals surface area contributed by atoms with Crippen LogP contribution in [0.2, 0.25) is 0 Å². The number of hydrogen-bond donors (Lipinski definition) is 1. The molecule has 2 aromatic heterocycles. The van der Waals surface area contributed by atoms with E-state index in [0.717, 1.165) is 5.56 Å². The zero-order valence-electron chi connectivity index (χ0n) is 11.5. The fourth-order valence-electron chi connectivity index (χ4n) is 2.01. The lowest BCUT2D eigenvalue weighted by molar-refractivity contribution is -0.121. The molecule has 0 saturated heterocycles. The predicted molar refractivity (Wildman–Crippen MR) is 82.1 cm³/mol. The average molecular weight is 317 g/mol. The van der Waals surface area contributed by atoms with Gasteiger partial charge in [0.05, 0.1) is 11.8 Å². The van der Waals surface area contributed by atoms with Crippen molar-refractivity contribution in [3.63, 3.8) is 0 Å². The molecule has 2 heterocycles. The number of benzene rings is 1. The van der Waals surface area contributed by atoms with Gasteiger partial charge in [-0.05, 0) is 29.1 Å². The van der Waals surface area contributed by atoms with Crippen LogP contribution in [0, 0.1) is 5.82 Å². The van der Waals surface area contributed by atoms with Crippen LogP contribution in [-0.4, -0.2) is 15.5 Å². The van der Waals surface area contributed by atoms with Crippen molar-refractivity contribution in [2.75, 3.05) is 0 Å². The van der Waals surface area contributed by atoms with Crippen molar-refractivity contribution in [2.24, 2.45) is 0 Å². The fraction of sp³-hybridized carbons (Fsp3) is 0.133. The third kappa shape index (κ3) is 3.04. The van der Waals surface area contributed by atoms with Crippen molar-refractivity contribution in [3.8, 4) is 0 Å². The largest absolute Gasteiger partial charge is 0.350 e. The molecule has 0 aliphatic carbocycles. The SMILES string of the molecule is O=C(Cn1cnc2ccsc2c1=O)NCc1ccc(F)cc1. The molecule has 0 aliphatic heterocycles. The molecule has 0 unspecified atom stereocenters. The zero-order chi connectivity index (χ0) is 15.5. The Morgan fingerprint density at radius 3 is 2.82 bits per heavy atom. The molecule has 5 nitrogen and oxygen atoms in total. The Labute approximate surface area is 129 Å². The van der Waals surface area contributed by atoms with Gasteiger partial charge in [0.1, 0.15) is 17.1 Å². The third-order valence-corrected chi connectivity index (χ3v) is 4.04. The topological polar surface area (TPSA) is 64.0 Å². The molecule has 0 aliphatic rings. The summed E-state index contributed by atoms with van der Waals surface area (Å²) < 4.78 is 14.6. The Bertz CT molecular complexity index is 870. The Hall–Kier alpha value is -2.54. The number of carbonyl (C=O) groups is 1. The Morgan fingerprint density at radius 2 is 2.05 bits per heavy atom. The maximum Gasteiger partial charge on any atom is 0.271 e. The first-order valence-corrected chi connectivity index (χ1v) is 7.45. The van der Waals surface area contributed by atoms with Gasteiger partial charge < -0.3 is 5.32 Å². The minimum absolute atomic E-state index is 0.0964. The van der Waals surface area contributed by atoms with Crippen molar-refractivity contribution in [1.82, 2.24) is 14.9 Å². The van der Waals surface area contributed by atoms with Crippen LogP contribution in [0.15, 0.2) is 46.8 Å². The number of halogens is 1. The van der Waals surface area contributed by atoms with Gasteiger partial charge in [0.25, 0.3) is 5.56 Å². The van der Waals surface area contributed by atoms with Crippen molar-refractivity contribution in [3.05, 3.63) is 63.8 Å². The number of aromatic nitrogens is 2. The average Bonchev–Trinajstić information content (AvgIpc) is 2.99. The number of nitrogens with one attached hydrogen (secondary N) is 1. The van der Waals surface area contributed by atoms with Gasteiger partial charge in [0, 0.05) is 6.54 Å². The quantitative estimate of drug-likeness (QED) is 0.799. The summed E-state index contributed by atoms with van der Waals surface area (Å²) in [6.07, 6.45) is 1.37. The van der Waals surface area contributed by atoms with Gasteiger partial charge in [-0.2, -0.15) is 0 Å². The molecule has 3 rings (SSSR count). The van der Waals surface area contributed by atoms with E-state index in [0.29, 0.717) is 10.2 Å². The van der Waals surface area contributed by atoms with Crippen LogP contribution in [-0.2, 0) is 17.9 Å². The van der Waals surface area contributed by atoms with E-state index in [-0.39, 0.29) is 30.4 Å². The minimum Gasteiger partial charge on any atom is -0.350 e. The van der Waals surface area contributed by atoms with E-state index in [9.17, 15) is 14.0 Å². The van der Waals surface area contributed by atoms with Crippen LogP contribution >= 0.6 is 11.3 Å². The molecule has 0 radical (unpaired) electrons. The Morgan fingerprint density at radius 1 is 1.27 bits per heavy atom. The van der Waals surface area contributed by atoms with Gasteiger partial charge in [-0.25, -0.2) is 9.37 Å². The second-order valence-electron chi connectivity index (χ2n) is 4.72. The van der Waals surface area contributed by atoms with Crippen molar-refractivity contribution < 1.29 is 9.18 Å². The van der Waals surface area contributed by atoms with Crippen molar-refractivity contribution >= 4 is 27.5 Å². The maximum atomic E-state index is 12.8. The van der Waals surface area contributed by atoms with Crippen LogP contribution in [0.4, 0.5) is 4.39 Å². The standard InChI is InChI=1S/C15H12FN3O2S/c16-11-3-1-10(2-4-11)7-17-13(20)8-19-9-18-12-5-6-22-14(12)15(19)21/h1-6,9H,7-8H2,(H,17,20). The first-order chi connectivity index (χ1) is 10.6. The smallest absolute Gasteiger partial charge is 0.271 e. The summed E-state index contributed by atoms with van der Waals surface area (Å²) in [5.41, 5.74) is 1.20. The van der Waals surface area contributed by atoms with Gasteiger partial charge in [-0.3, -0.25) is 14.2 Å². The number of rotatable bonds is 4. The fourth-order valence-corrected chi connectivity index (χ4v) is 2.80. The lowest BCUT2D eigenvalue weighted by Gasteiger charge is -2.07. The molecule has 0 fully saturated rings. The molecule has 1 aromatic carbocycles. The molecule has 22 heavy (non-hydrogen) atoms. The predicted octanol–water partition coefficient (Wildman–Crippen LogP) is 1.91. The highest BCUT2D eigenvalue weighted by molar-refractivity contribution is 7.17. The van der Waals surface area contributed by atoms with E-state index in [1.165, 1.54) is 34.4 Å². The van der Waals surface area contributed by atoms with Crippen LogP contribution in [0.25, 0.3) is 10.2 Å². The highest BCUT2D eigenvalue weighted by atomic mass is 32.1. The van der Waals surface area contributed by atoms with E-state index in [1.807, 2.05) is 0 Å². The lowest BCUT2D eigenvalue weighted by Crippen LogP contribution is -2.31. The van der Waals surface area contributed by atoms with Crippen molar-refractivity contribution in [1.29, 1.82) is 0 Å². The molecular weight excluding hydrogens is 305 g/mol. The molecular formula is C15H12FN3O2S. The maximum absolute atomic E-state index is 12.8. The molecule has 0 bridgehead atoms. The van der Waals surface area contributed by atoms with Gasteiger partial charge >= 0.3 is 0 Å². The molecule has 1 N–H and O–H groups in total. The van der Waals surface area contributed by atoms with Crippen LogP contribution in [0.3, 0.4) is 0 Å².